The number of nitrogens with one attached hydrogen (secondary N) is 1. The van der Waals surface area contributed by atoms with Gasteiger partial charge in [0.15, 0.2) is 5.82 Å². The highest BCUT2D eigenvalue weighted by atomic mass is 19.1. The van der Waals surface area contributed by atoms with Crippen molar-refractivity contribution in [3.05, 3.63) is 95.1 Å². The van der Waals surface area contributed by atoms with Gasteiger partial charge in [0.1, 0.15) is 24.0 Å². The minimum Gasteiger partial charge on any atom is -0.489 e. The van der Waals surface area contributed by atoms with Crippen molar-refractivity contribution in [2.24, 2.45) is 0 Å². The van der Waals surface area contributed by atoms with Gasteiger partial charge >= 0.3 is 0 Å². The summed E-state index contributed by atoms with van der Waals surface area (Å²) in [6.45, 7) is 3.17. The van der Waals surface area contributed by atoms with Crippen LogP contribution in [0, 0.1) is 12.7 Å². The van der Waals surface area contributed by atoms with Gasteiger partial charge in [-0.1, -0.05) is 36.8 Å². The Morgan fingerprint density at radius 1 is 1.03 bits per heavy atom. The molecule has 0 bridgehead atoms. The molecule has 2 heterocycles. The number of aryl methyl sites for hydroxylation is 2. The molecular formula is C28H27FN4O2. The molecule has 3 aromatic carbocycles. The van der Waals surface area contributed by atoms with Gasteiger partial charge in [0, 0.05) is 29.8 Å². The van der Waals surface area contributed by atoms with Gasteiger partial charge in [0.05, 0.1) is 0 Å². The van der Waals surface area contributed by atoms with E-state index in [4.69, 9.17) is 4.74 Å². The predicted molar refractivity (Wildman–Crippen MR) is 133 cm³/mol. The number of fused-ring (bicyclic) bond motifs is 1. The number of benzene rings is 3. The fourth-order valence-corrected chi connectivity index (χ4v) is 4.26. The number of aromatic nitrogens is 3. The Morgan fingerprint density at radius 2 is 1.89 bits per heavy atom. The van der Waals surface area contributed by atoms with E-state index < -0.39 is 0 Å². The fraction of sp³-hybridized carbons (Fsp3) is 0.250. The number of carbonyl (C=O) groups is 1. The van der Waals surface area contributed by atoms with E-state index in [0.717, 1.165) is 59.8 Å². The smallest absolute Gasteiger partial charge is 0.255 e. The van der Waals surface area contributed by atoms with E-state index in [1.165, 1.54) is 18.6 Å². The lowest BCUT2D eigenvalue weighted by atomic mass is 10.1. The van der Waals surface area contributed by atoms with Crippen molar-refractivity contribution in [2.45, 2.75) is 45.8 Å². The molecular weight excluding hydrogens is 443 g/mol. The lowest BCUT2D eigenvalue weighted by Crippen LogP contribution is -2.13. The van der Waals surface area contributed by atoms with Crippen molar-refractivity contribution >= 4 is 11.6 Å². The number of amides is 1. The first-order valence-electron chi connectivity index (χ1n) is 11.9. The van der Waals surface area contributed by atoms with E-state index >= 15 is 0 Å². The van der Waals surface area contributed by atoms with Gasteiger partial charge in [-0.3, -0.25) is 4.79 Å². The molecule has 0 saturated carbocycles. The molecule has 1 amide bonds. The lowest BCUT2D eigenvalue weighted by molar-refractivity contribution is 0.102. The standard InChI is InChI=1S/C28H27FN4O2/c1-19-9-12-21(27-32-31-26-8-3-2-4-15-33(26)27)17-25(19)30-28(34)22-6-5-7-24(16-22)35-18-20-10-13-23(29)14-11-20/h5-7,9-14,16-17H,2-4,8,15,18H2,1H3,(H,30,34). The van der Waals surface area contributed by atoms with Crippen molar-refractivity contribution in [1.29, 1.82) is 0 Å². The van der Waals surface area contributed by atoms with E-state index in [2.05, 4.69) is 20.1 Å². The topological polar surface area (TPSA) is 69.0 Å². The second kappa shape index (κ2) is 10.1. The fourth-order valence-electron chi connectivity index (χ4n) is 4.26. The van der Waals surface area contributed by atoms with Gasteiger partial charge in [0.2, 0.25) is 0 Å². The molecule has 35 heavy (non-hydrogen) atoms. The van der Waals surface area contributed by atoms with Crippen LogP contribution in [0.5, 0.6) is 5.75 Å². The molecule has 7 heteroatoms. The number of anilines is 1. The molecule has 6 nitrogen and oxygen atoms in total. The van der Waals surface area contributed by atoms with E-state index in [-0.39, 0.29) is 18.3 Å². The first kappa shape index (κ1) is 22.8. The van der Waals surface area contributed by atoms with Crippen LogP contribution in [0.2, 0.25) is 0 Å². The minimum absolute atomic E-state index is 0.224. The summed E-state index contributed by atoms with van der Waals surface area (Å²) in [5.74, 6) is 1.93. The Kier molecular flexibility index (Phi) is 6.57. The van der Waals surface area contributed by atoms with E-state index in [0.29, 0.717) is 11.3 Å². The summed E-state index contributed by atoms with van der Waals surface area (Å²) in [6.07, 6.45) is 4.40. The second-order valence-electron chi connectivity index (χ2n) is 8.83. The quantitative estimate of drug-likeness (QED) is 0.378. The predicted octanol–water partition coefficient (Wildman–Crippen LogP) is 5.95. The first-order valence-corrected chi connectivity index (χ1v) is 11.9. The average molecular weight is 471 g/mol. The van der Waals surface area contributed by atoms with Gasteiger partial charge < -0.3 is 14.6 Å². The van der Waals surface area contributed by atoms with Gasteiger partial charge in [-0.15, -0.1) is 10.2 Å². The van der Waals surface area contributed by atoms with Crippen molar-refractivity contribution in [1.82, 2.24) is 14.8 Å². The van der Waals surface area contributed by atoms with Crippen LogP contribution in [0.4, 0.5) is 10.1 Å². The summed E-state index contributed by atoms with van der Waals surface area (Å²) < 4.78 is 21.1. The minimum atomic E-state index is -0.286. The summed E-state index contributed by atoms with van der Waals surface area (Å²) in [6, 6.07) is 19.2. The maximum absolute atomic E-state index is 13.1. The molecule has 1 aromatic heterocycles. The van der Waals surface area contributed by atoms with E-state index in [9.17, 15) is 9.18 Å². The Morgan fingerprint density at radius 3 is 2.74 bits per heavy atom. The Balaban J connectivity index is 1.31. The van der Waals surface area contributed by atoms with Crippen LogP contribution in [0.1, 0.15) is 46.6 Å². The molecule has 0 unspecified atom stereocenters. The largest absolute Gasteiger partial charge is 0.489 e. The highest BCUT2D eigenvalue weighted by Crippen LogP contribution is 2.27. The molecule has 1 aliphatic heterocycles. The van der Waals surface area contributed by atoms with Crippen LogP contribution in [0.25, 0.3) is 11.4 Å². The highest BCUT2D eigenvalue weighted by molar-refractivity contribution is 6.05. The summed E-state index contributed by atoms with van der Waals surface area (Å²) >= 11 is 0. The van der Waals surface area contributed by atoms with E-state index in [1.807, 2.05) is 25.1 Å². The third-order valence-corrected chi connectivity index (χ3v) is 6.27. The molecule has 4 aromatic rings. The summed E-state index contributed by atoms with van der Waals surface area (Å²) in [5, 5.41) is 11.9. The number of carbonyl (C=O) groups excluding carboxylic acids is 1. The zero-order valence-corrected chi connectivity index (χ0v) is 19.6. The van der Waals surface area contributed by atoms with Crippen LogP contribution in [0.3, 0.4) is 0 Å². The number of ether oxygens (including phenoxy) is 1. The van der Waals surface area contributed by atoms with Crippen LogP contribution >= 0.6 is 0 Å². The normalized spacial score (nSPS) is 13.1. The molecule has 1 aliphatic rings. The van der Waals surface area contributed by atoms with Crippen molar-refractivity contribution in [3.8, 4) is 17.1 Å². The highest BCUT2D eigenvalue weighted by Gasteiger charge is 2.17. The van der Waals surface area contributed by atoms with Gasteiger partial charge in [-0.2, -0.15) is 0 Å². The molecule has 1 N–H and O–H groups in total. The third kappa shape index (κ3) is 5.24. The van der Waals surface area contributed by atoms with Crippen LogP contribution in [-0.2, 0) is 19.6 Å². The number of halogens is 1. The zero-order chi connectivity index (χ0) is 24.2. The van der Waals surface area contributed by atoms with Crippen LogP contribution in [0.15, 0.2) is 66.7 Å². The monoisotopic (exact) mass is 470 g/mol. The molecule has 0 saturated heterocycles. The van der Waals surface area contributed by atoms with Gasteiger partial charge in [0.25, 0.3) is 5.91 Å². The van der Waals surface area contributed by atoms with Gasteiger partial charge in [-0.25, -0.2) is 4.39 Å². The molecule has 0 aliphatic carbocycles. The molecule has 0 radical (unpaired) electrons. The third-order valence-electron chi connectivity index (χ3n) is 6.27. The van der Waals surface area contributed by atoms with Crippen molar-refractivity contribution in [3.63, 3.8) is 0 Å². The number of hydrogen-bond donors (Lipinski definition) is 1. The van der Waals surface area contributed by atoms with Crippen LogP contribution < -0.4 is 10.1 Å². The van der Waals surface area contributed by atoms with Crippen molar-refractivity contribution in [2.75, 3.05) is 5.32 Å². The zero-order valence-electron chi connectivity index (χ0n) is 19.6. The first-order chi connectivity index (χ1) is 17.1. The molecule has 0 fully saturated rings. The number of rotatable bonds is 6. The van der Waals surface area contributed by atoms with Crippen LogP contribution in [-0.4, -0.2) is 20.7 Å². The SMILES string of the molecule is Cc1ccc(-c2nnc3n2CCCCC3)cc1NC(=O)c1cccc(OCc2ccc(F)cc2)c1. The van der Waals surface area contributed by atoms with Crippen molar-refractivity contribution < 1.29 is 13.9 Å². The Hall–Kier alpha value is -4.00. The maximum Gasteiger partial charge on any atom is 0.255 e. The average Bonchev–Trinajstić information content (AvgIpc) is 3.13. The summed E-state index contributed by atoms with van der Waals surface area (Å²) in [5.41, 5.74) is 3.96. The van der Waals surface area contributed by atoms with E-state index in [1.54, 1.807) is 36.4 Å². The molecule has 5 rings (SSSR count). The molecule has 0 atom stereocenters. The Bertz CT molecular complexity index is 1350. The number of hydrogen-bond acceptors (Lipinski definition) is 4. The van der Waals surface area contributed by atoms with Gasteiger partial charge in [-0.05, 0) is 67.3 Å². The Labute approximate surface area is 203 Å². The summed E-state index contributed by atoms with van der Waals surface area (Å²) in [7, 11) is 0. The number of nitrogens with zero attached hydrogens (tertiary/aromatic N) is 3. The lowest BCUT2D eigenvalue weighted by Gasteiger charge is -2.13. The molecule has 0 spiro atoms. The summed E-state index contributed by atoms with van der Waals surface area (Å²) in [4.78, 5) is 13.1. The second-order valence-corrected chi connectivity index (χ2v) is 8.83. The molecule has 178 valence electrons. The maximum atomic E-state index is 13.1.